The summed E-state index contributed by atoms with van der Waals surface area (Å²) in [6, 6.07) is 0. The van der Waals surface area contributed by atoms with E-state index < -0.39 is 6.10 Å². The Balaban J connectivity index is 1.81. The van der Waals surface area contributed by atoms with Gasteiger partial charge < -0.3 is 19.5 Å². The van der Waals surface area contributed by atoms with E-state index in [1.165, 1.54) is 0 Å². The quantitative estimate of drug-likeness (QED) is 0.672. The summed E-state index contributed by atoms with van der Waals surface area (Å²) in [5, 5.41) is 9.90. The molecular weight excluding hydrogens is 198 g/mol. The van der Waals surface area contributed by atoms with Gasteiger partial charge in [0.1, 0.15) is 6.61 Å². The summed E-state index contributed by atoms with van der Waals surface area (Å²) in [6.45, 7) is 3.05. The molecule has 2 unspecified atom stereocenters. The fourth-order valence-corrected chi connectivity index (χ4v) is 1.97. The Morgan fingerprint density at radius 2 is 2.33 bits per heavy atom. The lowest BCUT2D eigenvalue weighted by Gasteiger charge is -2.30. The zero-order valence-electron chi connectivity index (χ0n) is 8.72. The molecule has 0 aliphatic carbocycles. The second-order valence-electron chi connectivity index (χ2n) is 4.08. The number of hydrogen-bond acceptors (Lipinski definition) is 4. The fourth-order valence-electron chi connectivity index (χ4n) is 1.97. The third-order valence-corrected chi connectivity index (χ3v) is 3.00. The molecule has 0 spiro atoms. The van der Waals surface area contributed by atoms with Gasteiger partial charge in [0.15, 0.2) is 0 Å². The number of nitrogens with zero attached hydrogens (tertiary/aromatic N) is 1. The zero-order chi connectivity index (χ0) is 10.7. The van der Waals surface area contributed by atoms with Crippen molar-refractivity contribution in [1.29, 1.82) is 0 Å². The van der Waals surface area contributed by atoms with Gasteiger partial charge >= 0.3 is 0 Å². The van der Waals surface area contributed by atoms with Crippen molar-refractivity contribution >= 4 is 5.91 Å². The maximum Gasteiger partial charge on any atom is 0.248 e. The smallest absolute Gasteiger partial charge is 0.248 e. The van der Waals surface area contributed by atoms with E-state index in [-0.39, 0.29) is 18.4 Å². The first kappa shape index (κ1) is 10.9. The number of carbonyl (C=O) groups is 1. The molecule has 2 atom stereocenters. The summed E-state index contributed by atoms with van der Waals surface area (Å²) in [4.78, 5) is 13.1. The van der Waals surface area contributed by atoms with E-state index in [9.17, 15) is 9.90 Å². The molecule has 2 fully saturated rings. The zero-order valence-corrected chi connectivity index (χ0v) is 8.72. The number of aliphatic hydroxyl groups is 1. The maximum absolute atomic E-state index is 11.4. The highest BCUT2D eigenvalue weighted by molar-refractivity contribution is 5.78. The lowest BCUT2D eigenvalue weighted by molar-refractivity contribution is -0.144. The predicted octanol–water partition coefficient (Wildman–Crippen LogP) is -0.757. The summed E-state index contributed by atoms with van der Waals surface area (Å²) < 4.78 is 10.2. The Labute approximate surface area is 89.0 Å². The molecule has 1 amide bonds. The highest BCUT2D eigenvalue weighted by atomic mass is 16.5. The van der Waals surface area contributed by atoms with Crippen molar-refractivity contribution in [3.8, 4) is 0 Å². The normalized spacial score (nSPS) is 29.5. The lowest BCUT2D eigenvalue weighted by atomic mass is 10.0. The molecule has 2 aliphatic rings. The lowest BCUT2D eigenvalue weighted by Crippen LogP contribution is -2.46. The molecule has 0 aromatic rings. The molecular formula is C10H17NO4. The van der Waals surface area contributed by atoms with Crippen LogP contribution in [0.3, 0.4) is 0 Å². The Kier molecular flexibility index (Phi) is 3.56. The number of β-amino-alcohol motifs (C(OH)–C–C–N with tert-alkyl or cyclic N) is 1. The summed E-state index contributed by atoms with van der Waals surface area (Å²) >= 11 is 0. The molecule has 2 rings (SSSR count). The van der Waals surface area contributed by atoms with Gasteiger partial charge in [-0.1, -0.05) is 0 Å². The molecule has 0 radical (unpaired) electrons. The van der Waals surface area contributed by atoms with Gasteiger partial charge in [-0.3, -0.25) is 4.79 Å². The van der Waals surface area contributed by atoms with Crippen molar-refractivity contribution in [2.75, 3.05) is 39.5 Å². The minimum atomic E-state index is -0.463. The minimum absolute atomic E-state index is 0.0285. The van der Waals surface area contributed by atoms with Crippen molar-refractivity contribution in [2.24, 2.45) is 5.92 Å². The second-order valence-corrected chi connectivity index (χ2v) is 4.08. The van der Waals surface area contributed by atoms with Crippen LogP contribution in [0.15, 0.2) is 0 Å². The Morgan fingerprint density at radius 3 is 3.00 bits per heavy atom. The van der Waals surface area contributed by atoms with Gasteiger partial charge in [-0.15, -0.1) is 0 Å². The molecule has 0 aromatic heterocycles. The summed E-state index contributed by atoms with van der Waals surface area (Å²) in [5.74, 6) is 0.153. The average Bonchev–Trinajstić information content (AvgIpc) is 2.74. The van der Waals surface area contributed by atoms with E-state index >= 15 is 0 Å². The van der Waals surface area contributed by atoms with Crippen molar-refractivity contribution < 1.29 is 19.4 Å². The van der Waals surface area contributed by atoms with E-state index in [2.05, 4.69) is 0 Å². The molecule has 0 aromatic carbocycles. The number of morpholine rings is 1. The maximum atomic E-state index is 11.4. The summed E-state index contributed by atoms with van der Waals surface area (Å²) in [5.41, 5.74) is 0. The molecule has 15 heavy (non-hydrogen) atoms. The van der Waals surface area contributed by atoms with Crippen LogP contribution in [-0.2, 0) is 14.3 Å². The summed E-state index contributed by atoms with van der Waals surface area (Å²) in [7, 11) is 0. The highest BCUT2D eigenvalue weighted by Crippen LogP contribution is 2.17. The Hall–Kier alpha value is -0.650. The van der Waals surface area contributed by atoms with Gasteiger partial charge in [-0.05, 0) is 6.42 Å². The number of ether oxygens (including phenoxy) is 2. The largest absolute Gasteiger partial charge is 0.391 e. The number of carbonyl (C=O) groups excluding carboxylic acids is 1. The molecule has 2 saturated heterocycles. The van der Waals surface area contributed by atoms with E-state index in [0.29, 0.717) is 26.3 Å². The molecule has 0 saturated carbocycles. The van der Waals surface area contributed by atoms with Crippen LogP contribution < -0.4 is 0 Å². The van der Waals surface area contributed by atoms with Crippen LogP contribution in [0.25, 0.3) is 0 Å². The van der Waals surface area contributed by atoms with Crippen LogP contribution in [-0.4, -0.2) is 61.5 Å². The average molecular weight is 215 g/mol. The van der Waals surface area contributed by atoms with Gasteiger partial charge in [0, 0.05) is 25.6 Å². The first-order valence-corrected chi connectivity index (χ1v) is 5.38. The van der Waals surface area contributed by atoms with Crippen LogP contribution >= 0.6 is 0 Å². The van der Waals surface area contributed by atoms with Crippen LogP contribution in [0.4, 0.5) is 0 Å². The van der Waals surface area contributed by atoms with Crippen molar-refractivity contribution in [3.05, 3.63) is 0 Å². The molecule has 86 valence electrons. The molecule has 1 N–H and O–H groups in total. The van der Waals surface area contributed by atoms with E-state index in [0.717, 1.165) is 13.0 Å². The number of amides is 1. The summed E-state index contributed by atoms with van der Waals surface area (Å²) in [6.07, 6.45) is 0.425. The topological polar surface area (TPSA) is 59.0 Å². The number of aliphatic hydroxyl groups excluding tert-OH is 1. The predicted molar refractivity (Wildman–Crippen MR) is 52.3 cm³/mol. The first-order chi connectivity index (χ1) is 7.27. The van der Waals surface area contributed by atoms with Crippen molar-refractivity contribution in [1.82, 2.24) is 4.90 Å². The van der Waals surface area contributed by atoms with Crippen molar-refractivity contribution in [2.45, 2.75) is 12.5 Å². The second kappa shape index (κ2) is 4.92. The van der Waals surface area contributed by atoms with Gasteiger partial charge in [0.05, 0.1) is 19.3 Å². The molecule has 5 nitrogen and oxygen atoms in total. The standard InChI is InChI=1S/C10H17NO4/c12-9(8-1-3-14-6-8)5-11-2-4-15-7-10(11)13/h8-9,12H,1-7H2. The van der Waals surface area contributed by atoms with E-state index in [1.807, 2.05) is 0 Å². The fraction of sp³-hybridized carbons (Fsp3) is 0.900. The van der Waals surface area contributed by atoms with Gasteiger partial charge in [-0.25, -0.2) is 0 Å². The third-order valence-electron chi connectivity index (χ3n) is 3.00. The van der Waals surface area contributed by atoms with E-state index in [4.69, 9.17) is 9.47 Å². The molecule has 5 heteroatoms. The molecule has 2 aliphatic heterocycles. The number of rotatable bonds is 3. The third kappa shape index (κ3) is 2.68. The van der Waals surface area contributed by atoms with Gasteiger partial charge in [-0.2, -0.15) is 0 Å². The first-order valence-electron chi connectivity index (χ1n) is 5.38. The molecule has 0 bridgehead atoms. The number of hydrogen-bond donors (Lipinski definition) is 1. The Bertz CT molecular complexity index is 227. The monoisotopic (exact) mass is 215 g/mol. The minimum Gasteiger partial charge on any atom is -0.391 e. The van der Waals surface area contributed by atoms with Crippen LogP contribution in [0, 0.1) is 5.92 Å². The SMILES string of the molecule is O=C1COCCN1CC(O)C1CCOC1. The molecule has 2 heterocycles. The van der Waals surface area contributed by atoms with Gasteiger partial charge in [0.2, 0.25) is 5.91 Å². The highest BCUT2D eigenvalue weighted by Gasteiger charge is 2.28. The van der Waals surface area contributed by atoms with Crippen LogP contribution in [0.5, 0.6) is 0 Å². The van der Waals surface area contributed by atoms with Crippen molar-refractivity contribution in [3.63, 3.8) is 0 Å². The Morgan fingerprint density at radius 1 is 1.47 bits per heavy atom. The van der Waals surface area contributed by atoms with Crippen LogP contribution in [0.1, 0.15) is 6.42 Å². The van der Waals surface area contributed by atoms with E-state index in [1.54, 1.807) is 4.90 Å². The van der Waals surface area contributed by atoms with Gasteiger partial charge in [0.25, 0.3) is 0 Å². The van der Waals surface area contributed by atoms with Crippen LogP contribution in [0.2, 0.25) is 0 Å².